The molecule has 0 radical (unpaired) electrons. The second-order valence-corrected chi connectivity index (χ2v) is 6.44. The number of hydrogen-bond donors (Lipinski definition) is 1. The van der Waals surface area contributed by atoms with Gasteiger partial charge in [0.25, 0.3) is 5.91 Å². The number of benzene rings is 2. The molecule has 2 amide bonds. The molecule has 0 saturated carbocycles. The first kappa shape index (κ1) is 16.2. The van der Waals surface area contributed by atoms with E-state index in [1.54, 1.807) is 11.0 Å². The molecule has 1 heterocycles. The quantitative estimate of drug-likeness (QED) is 0.944. The van der Waals surface area contributed by atoms with E-state index in [2.05, 4.69) is 12.2 Å². The van der Waals surface area contributed by atoms with Crippen LogP contribution in [0, 0.1) is 20.8 Å². The first-order valence-electron chi connectivity index (χ1n) is 8.22. The van der Waals surface area contributed by atoms with Gasteiger partial charge in [-0.2, -0.15) is 0 Å². The zero-order valence-electron chi connectivity index (χ0n) is 14.3. The molecule has 0 aliphatic carbocycles. The minimum atomic E-state index is -0.459. The summed E-state index contributed by atoms with van der Waals surface area (Å²) in [6.07, 6.45) is 0.628. The van der Waals surface area contributed by atoms with Crippen LogP contribution in [0.1, 0.15) is 33.5 Å². The van der Waals surface area contributed by atoms with Gasteiger partial charge < -0.3 is 10.2 Å². The Morgan fingerprint density at radius 2 is 1.88 bits per heavy atom. The Labute approximate surface area is 142 Å². The van der Waals surface area contributed by atoms with Crippen LogP contribution in [0.3, 0.4) is 0 Å². The highest BCUT2D eigenvalue weighted by Crippen LogP contribution is 2.24. The maximum absolute atomic E-state index is 12.6. The highest BCUT2D eigenvalue weighted by atomic mass is 16.2. The van der Waals surface area contributed by atoms with Crippen LogP contribution >= 0.6 is 0 Å². The molecule has 0 spiro atoms. The van der Waals surface area contributed by atoms with E-state index in [-0.39, 0.29) is 11.8 Å². The van der Waals surface area contributed by atoms with Crippen molar-refractivity contribution < 1.29 is 9.59 Å². The van der Waals surface area contributed by atoms with Gasteiger partial charge in [-0.05, 0) is 62.6 Å². The first-order chi connectivity index (χ1) is 11.5. The van der Waals surface area contributed by atoms with Crippen LogP contribution in [0.15, 0.2) is 42.5 Å². The predicted octanol–water partition coefficient (Wildman–Crippen LogP) is 3.15. The zero-order chi connectivity index (χ0) is 17.3. The highest BCUT2D eigenvalue weighted by Gasteiger charge is 2.33. The Kier molecular flexibility index (Phi) is 4.38. The number of hydrogen-bond acceptors (Lipinski definition) is 2. The summed E-state index contributed by atoms with van der Waals surface area (Å²) < 4.78 is 0. The fourth-order valence-electron chi connectivity index (χ4n) is 2.99. The third-order valence-electron chi connectivity index (χ3n) is 4.59. The number of aryl methyl sites for hydroxylation is 3. The summed E-state index contributed by atoms with van der Waals surface area (Å²) in [5.74, 6) is -0.238. The monoisotopic (exact) mass is 322 g/mol. The van der Waals surface area contributed by atoms with Gasteiger partial charge in [-0.25, -0.2) is 0 Å². The Morgan fingerprint density at radius 3 is 2.58 bits per heavy atom. The number of carbonyl (C=O) groups excluding carboxylic acids is 2. The second kappa shape index (κ2) is 6.48. The second-order valence-electron chi connectivity index (χ2n) is 6.44. The van der Waals surface area contributed by atoms with Gasteiger partial charge in [0, 0.05) is 17.8 Å². The van der Waals surface area contributed by atoms with E-state index in [9.17, 15) is 9.59 Å². The molecule has 0 unspecified atom stereocenters. The van der Waals surface area contributed by atoms with Crippen molar-refractivity contribution in [2.24, 2.45) is 0 Å². The average molecular weight is 322 g/mol. The lowest BCUT2D eigenvalue weighted by molar-refractivity contribution is -0.118. The molecule has 2 aromatic carbocycles. The molecule has 0 aromatic heterocycles. The van der Waals surface area contributed by atoms with Gasteiger partial charge in [-0.3, -0.25) is 9.59 Å². The number of amides is 2. The molecule has 1 saturated heterocycles. The molecule has 1 N–H and O–H groups in total. The van der Waals surface area contributed by atoms with E-state index in [0.717, 1.165) is 16.8 Å². The van der Waals surface area contributed by atoms with Crippen LogP contribution in [0.4, 0.5) is 5.69 Å². The third kappa shape index (κ3) is 3.18. The number of nitrogens with zero attached hydrogens (tertiary/aromatic N) is 1. The molecular weight excluding hydrogens is 300 g/mol. The van der Waals surface area contributed by atoms with Crippen LogP contribution < -0.4 is 10.2 Å². The van der Waals surface area contributed by atoms with Gasteiger partial charge in [0.2, 0.25) is 5.91 Å². The van der Waals surface area contributed by atoms with E-state index in [1.807, 2.05) is 50.2 Å². The van der Waals surface area contributed by atoms with E-state index >= 15 is 0 Å². The van der Waals surface area contributed by atoms with Crippen LogP contribution in [0.5, 0.6) is 0 Å². The molecule has 4 heteroatoms. The minimum Gasteiger partial charge on any atom is -0.340 e. The van der Waals surface area contributed by atoms with Crippen molar-refractivity contribution in [3.63, 3.8) is 0 Å². The lowest BCUT2D eigenvalue weighted by atomic mass is 10.1. The van der Waals surface area contributed by atoms with E-state index in [4.69, 9.17) is 0 Å². The Bertz CT molecular complexity index is 798. The van der Waals surface area contributed by atoms with Gasteiger partial charge in [0.1, 0.15) is 6.04 Å². The first-order valence-corrected chi connectivity index (χ1v) is 8.22. The maximum Gasteiger partial charge on any atom is 0.251 e. The molecule has 1 aliphatic rings. The largest absolute Gasteiger partial charge is 0.340 e. The molecule has 4 nitrogen and oxygen atoms in total. The van der Waals surface area contributed by atoms with Gasteiger partial charge in [-0.1, -0.05) is 23.8 Å². The minimum absolute atomic E-state index is 0.0424. The molecule has 1 atom stereocenters. The summed E-state index contributed by atoms with van der Waals surface area (Å²) in [7, 11) is 0. The molecule has 3 rings (SSSR count). The normalized spacial score (nSPS) is 17.2. The van der Waals surface area contributed by atoms with Crippen LogP contribution in [0.2, 0.25) is 0 Å². The molecular formula is C20H22N2O2. The molecule has 24 heavy (non-hydrogen) atoms. The fraction of sp³-hybridized carbons (Fsp3) is 0.300. The van der Waals surface area contributed by atoms with Crippen LogP contribution in [-0.2, 0) is 4.79 Å². The SMILES string of the molecule is Cc1cccc(C(=O)N[C@@H]2CCN(c3ccc(C)c(C)c3)C2=O)c1. The highest BCUT2D eigenvalue weighted by molar-refractivity contribution is 6.04. The number of nitrogens with one attached hydrogen (secondary N) is 1. The fourth-order valence-corrected chi connectivity index (χ4v) is 2.99. The Hall–Kier alpha value is -2.62. The molecule has 124 valence electrons. The van der Waals surface area contributed by atoms with Gasteiger partial charge in [-0.15, -0.1) is 0 Å². The molecule has 1 fully saturated rings. The molecule has 0 bridgehead atoms. The van der Waals surface area contributed by atoms with E-state index in [0.29, 0.717) is 18.5 Å². The summed E-state index contributed by atoms with van der Waals surface area (Å²) in [6, 6.07) is 12.9. The van der Waals surface area contributed by atoms with Crippen LogP contribution in [-0.4, -0.2) is 24.4 Å². The van der Waals surface area contributed by atoms with Gasteiger partial charge in [0.05, 0.1) is 0 Å². The summed E-state index contributed by atoms with van der Waals surface area (Å²) in [5, 5.41) is 2.87. The standard InChI is InChI=1S/C20H22N2O2/c1-13-5-4-6-16(11-13)19(23)21-18-9-10-22(20(18)24)17-8-7-14(2)15(3)12-17/h4-8,11-12,18H,9-10H2,1-3H3,(H,21,23)/t18-/m1/s1. The summed E-state index contributed by atoms with van der Waals surface area (Å²) in [4.78, 5) is 26.8. The summed E-state index contributed by atoms with van der Waals surface area (Å²) >= 11 is 0. The maximum atomic E-state index is 12.6. The Balaban J connectivity index is 1.72. The number of rotatable bonds is 3. The van der Waals surface area contributed by atoms with Crippen LogP contribution in [0.25, 0.3) is 0 Å². The average Bonchev–Trinajstić information content (AvgIpc) is 2.91. The van der Waals surface area contributed by atoms with Crippen molar-refractivity contribution in [1.82, 2.24) is 5.32 Å². The smallest absolute Gasteiger partial charge is 0.251 e. The summed E-state index contributed by atoms with van der Waals surface area (Å²) in [5.41, 5.74) is 4.88. The van der Waals surface area contributed by atoms with Crippen molar-refractivity contribution in [2.45, 2.75) is 33.2 Å². The topological polar surface area (TPSA) is 49.4 Å². The predicted molar refractivity (Wildman–Crippen MR) is 95.3 cm³/mol. The lowest BCUT2D eigenvalue weighted by Gasteiger charge is -2.18. The van der Waals surface area contributed by atoms with Crippen molar-refractivity contribution in [3.8, 4) is 0 Å². The van der Waals surface area contributed by atoms with E-state index < -0.39 is 6.04 Å². The Morgan fingerprint density at radius 1 is 1.08 bits per heavy atom. The van der Waals surface area contributed by atoms with Gasteiger partial charge >= 0.3 is 0 Å². The third-order valence-corrected chi connectivity index (χ3v) is 4.59. The van der Waals surface area contributed by atoms with Crippen molar-refractivity contribution in [2.75, 3.05) is 11.4 Å². The van der Waals surface area contributed by atoms with Crippen molar-refractivity contribution in [1.29, 1.82) is 0 Å². The number of anilines is 1. The summed E-state index contributed by atoms with van der Waals surface area (Å²) in [6.45, 7) is 6.66. The van der Waals surface area contributed by atoms with Gasteiger partial charge in [0.15, 0.2) is 0 Å². The molecule has 2 aromatic rings. The molecule has 1 aliphatic heterocycles. The van der Waals surface area contributed by atoms with Crippen molar-refractivity contribution in [3.05, 3.63) is 64.7 Å². The van der Waals surface area contributed by atoms with E-state index in [1.165, 1.54) is 5.56 Å². The number of carbonyl (C=O) groups is 2. The van der Waals surface area contributed by atoms with Crippen molar-refractivity contribution >= 4 is 17.5 Å². The zero-order valence-corrected chi connectivity index (χ0v) is 14.3. The lowest BCUT2D eigenvalue weighted by Crippen LogP contribution is -2.41.